The molecule has 1 fully saturated rings. The lowest BCUT2D eigenvalue weighted by atomic mass is 9.85. The molecule has 2 rings (SSSR count). The van der Waals surface area contributed by atoms with Crippen molar-refractivity contribution in [3.8, 4) is 0 Å². The number of amides is 1. The molecule has 0 radical (unpaired) electrons. The Balaban J connectivity index is 2.00. The van der Waals surface area contributed by atoms with E-state index in [2.05, 4.69) is 5.32 Å². The van der Waals surface area contributed by atoms with Gasteiger partial charge in [0.15, 0.2) is 0 Å². The van der Waals surface area contributed by atoms with Crippen LogP contribution in [0.4, 0.5) is 5.69 Å². The number of nitrogens with zero attached hydrogens (tertiary/aromatic N) is 1. The second-order valence-corrected chi connectivity index (χ2v) is 5.15. The molecule has 2 unspecified atom stereocenters. The van der Waals surface area contributed by atoms with Gasteiger partial charge >= 0.3 is 0 Å². The average molecular weight is 279 g/mol. The van der Waals surface area contributed by atoms with Crippen molar-refractivity contribution in [1.29, 1.82) is 0 Å². The first-order chi connectivity index (χ1) is 9.43. The minimum Gasteiger partial charge on any atom is -0.379 e. The molecule has 20 heavy (non-hydrogen) atoms. The largest absolute Gasteiger partial charge is 0.379 e. The Kier molecular flexibility index (Phi) is 4.01. The van der Waals surface area contributed by atoms with Crippen molar-refractivity contribution in [2.45, 2.75) is 19.5 Å². The molecule has 7 nitrogen and oxygen atoms in total. The van der Waals surface area contributed by atoms with Gasteiger partial charge in [0.2, 0.25) is 5.91 Å². The Hall–Kier alpha value is -1.99. The van der Waals surface area contributed by atoms with Crippen molar-refractivity contribution < 1.29 is 14.5 Å². The van der Waals surface area contributed by atoms with Crippen molar-refractivity contribution in [2.75, 3.05) is 13.2 Å². The van der Waals surface area contributed by atoms with Crippen LogP contribution in [0.15, 0.2) is 24.3 Å². The maximum atomic E-state index is 12.2. The summed E-state index contributed by atoms with van der Waals surface area (Å²) in [5, 5.41) is 13.4. The molecule has 0 bridgehead atoms. The predicted octanol–water partition coefficient (Wildman–Crippen LogP) is 0.575. The lowest BCUT2D eigenvalue weighted by molar-refractivity contribution is -0.384. The van der Waals surface area contributed by atoms with Crippen molar-refractivity contribution in [3.63, 3.8) is 0 Å². The minimum absolute atomic E-state index is 0.00358. The van der Waals surface area contributed by atoms with E-state index in [1.54, 1.807) is 19.1 Å². The van der Waals surface area contributed by atoms with Gasteiger partial charge in [-0.2, -0.15) is 0 Å². The van der Waals surface area contributed by atoms with Crippen LogP contribution < -0.4 is 11.1 Å². The van der Waals surface area contributed by atoms with Gasteiger partial charge in [-0.1, -0.05) is 12.1 Å². The van der Waals surface area contributed by atoms with Gasteiger partial charge in [0.25, 0.3) is 5.69 Å². The Labute approximate surface area is 116 Å². The highest BCUT2D eigenvalue weighted by Crippen LogP contribution is 2.27. The Morgan fingerprint density at radius 1 is 1.65 bits per heavy atom. The first-order valence-corrected chi connectivity index (χ1v) is 6.28. The molecule has 7 heteroatoms. The molecule has 0 aliphatic carbocycles. The van der Waals surface area contributed by atoms with Crippen LogP contribution in [0.1, 0.15) is 12.5 Å². The number of hydrogen-bond acceptors (Lipinski definition) is 5. The molecule has 0 saturated carbocycles. The molecular formula is C13H17N3O4. The fraction of sp³-hybridized carbons (Fsp3) is 0.462. The summed E-state index contributed by atoms with van der Waals surface area (Å²) >= 11 is 0. The Morgan fingerprint density at radius 3 is 3.00 bits per heavy atom. The average Bonchev–Trinajstić information content (AvgIpc) is 2.77. The molecule has 2 atom stereocenters. The number of hydrogen-bond donors (Lipinski definition) is 2. The summed E-state index contributed by atoms with van der Waals surface area (Å²) in [5.41, 5.74) is 5.80. The summed E-state index contributed by atoms with van der Waals surface area (Å²) in [4.78, 5) is 22.4. The maximum Gasteiger partial charge on any atom is 0.269 e. The Bertz CT molecular complexity index is 534. The van der Waals surface area contributed by atoms with Gasteiger partial charge in [-0.25, -0.2) is 0 Å². The summed E-state index contributed by atoms with van der Waals surface area (Å²) < 4.78 is 5.22. The van der Waals surface area contributed by atoms with E-state index in [-0.39, 0.29) is 30.8 Å². The van der Waals surface area contributed by atoms with Crippen LogP contribution in [0.2, 0.25) is 0 Å². The molecule has 0 aromatic heterocycles. The van der Waals surface area contributed by atoms with Crippen molar-refractivity contribution in [1.82, 2.24) is 5.32 Å². The van der Waals surface area contributed by atoms with E-state index in [1.807, 2.05) is 0 Å². The quantitative estimate of drug-likeness (QED) is 0.619. The van der Waals surface area contributed by atoms with E-state index in [4.69, 9.17) is 10.5 Å². The number of benzene rings is 1. The highest BCUT2D eigenvalue weighted by molar-refractivity contribution is 5.83. The summed E-state index contributed by atoms with van der Waals surface area (Å²) in [6, 6.07) is 5.82. The van der Waals surface area contributed by atoms with Crippen molar-refractivity contribution >= 4 is 11.6 Å². The first kappa shape index (κ1) is 14.4. The van der Waals surface area contributed by atoms with Crippen LogP contribution in [0.25, 0.3) is 0 Å². The van der Waals surface area contributed by atoms with Crippen LogP contribution in [-0.2, 0) is 16.1 Å². The Morgan fingerprint density at radius 2 is 2.40 bits per heavy atom. The number of rotatable bonds is 4. The minimum atomic E-state index is -0.749. The third kappa shape index (κ3) is 2.78. The summed E-state index contributed by atoms with van der Waals surface area (Å²) in [5.74, 6) is -0.200. The normalized spacial score (nSPS) is 25.4. The summed E-state index contributed by atoms with van der Waals surface area (Å²) in [6.45, 7) is 2.63. The van der Waals surface area contributed by atoms with Gasteiger partial charge < -0.3 is 15.8 Å². The third-order valence-corrected chi connectivity index (χ3v) is 3.61. The summed E-state index contributed by atoms with van der Waals surface area (Å²) in [7, 11) is 0. The standard InChI is InChI=1S/C13H17N3O4/c1-13(8-20-7-11(13)14)12(17)15-6-9-3-2-4-10(5-9)16(18)19/h2-5,11H,6-8,14H2,1H3,(H,15,17). The van der Waals surface area contributed by atoms with Gasteiger partial charge in [0, 0.05) is 24.7 Å². The third-order valence-electron chi connectivity index (χ3n) is 3.61. The molecule has 1 aliphatic rings. The molecule has 1 heterocycles. The topological polar surface area (TPSA) is 107 Å². The number of non-ortho nitro benzene ring substituents is 1. The van der Waals surface area contributed by atoms with E-state index in [9.17, 15) is 14.9 Å². The second kappa shape index (κ2) is 5.56. The molecule has 1 saturated heterocycles. The molecule has 0 spiro atoms. The monoisotopic (exact) mass is 279 g/mol. The van der Waals surface area contributed by atoms with E-state index >= 15 is 0 Å². The molecule has 1 amide bonds. The molecular weight excluding hydrogens is 262 g/mol. The number of carbonyl (C=O) groups is 1. The first-order valence-electron chi connectivity index (χ1n) is 6.28. The van der Waals surface area contributed by atoms with Crippen LogP contribution >= 0.6 is 0 Å². The zero-order valence-corrected chi connectivity index (χ0v) is 11.2. The smallest absolute Gasteiger partial charge is 0.269 e. The van der Waals surface area contributed by atoms with Crippen LogP contribution in [0, 0.1) is 15.5 Å². The number of ether oxygens (including phenoxy) is 1. The lowest BCUT2D eigenvalue weighted by Gasteiger charge is -2.25. The zero-order chi connectivity index (χ0) is 14.8. The zero-order valence-electron chi connectivity index (χ0n) is 11.2. The van der Waals surface area contributed by atoms with E-state index in [1.165, 1.54) is 12.1 Å². The van der Waals surface area contributed by atoms with Gasteiger partial charge in [0.05, 0.1) is 23.6 Å². The molecule has 1 aliphatic heterocycles. The number of nitro groups is 1. The van der Waals surface area contributed by atoms with Gasteiger partial charge in [-0.3, -0.25) is 14.9 Å². The highest BCUT2D eigenvalue weighted by atomic mass is 16.6. The number of nitro benzene ring substituents is 1. The molecule has 1 aromatic carbocycles. The molecule has 1 aromatic rings. The van der Waals surface area contributed by atoms with E-state index in [0.717, 1.165) is 0 Å². The van der Waals surface area contributed by atoms with Crippen LogP contribution in [0.3, 0.4) is 0 Å². The fourth-order valence-corrected chi connectivity index (χ4v) is 2.09. The second-order valence-electron chi connectivity index (χ2n) is 5.15. The van der Waals surface area contributed by atoms with Crippen LogP contribution in [-0.4, -0.2) is 30.1 Å². The SMILES string of the molecule is CC1(C(=O)NCc2cccc([N+](=O)[O-])c2)COCC1N. The molecule has 3 N–H and O–H groups in total. The van der Waals surface area contributed by atoms with Gasteiger partial charge in [0.1, 0.15) is 0 Å². The lowest BCUT2D eigenvalue weighted by Crippen LogP contribution is -2.49. The maximum absolute atomic E-state index is 12.2. The predicted molar refractivity (Wildman–Crippen MR) is 71.8 cm³/mol. The summed E-state index contributed by atoms with van der Waals surface area (Å²) in [6.07, 6.45) is 0. The number of nitrogens with two attached hydrogens (primary N) is 1. The van der Waals surface area contributed by atoms with Crippen molar-refractivity contribution in [3.05, 3.63) is 39.9 Å². The van der Waals surface area contributed by atoms with Crippen LogP contribution in [0.5, 0.6) is 0 Å². The van der Waals surface area contributed by atoms with Crippen molar-refractivity contribution in [2.24, 2.45) is 11.1 Å². The highest BCUT2D eigenvalue weighted by Gasteiger charge is 2.44. The van der Waals surface area contributed by atoms with E-state index < -0.39 is 10.3 Å². The molecule has 108 valence electrons. The number of carbonyl (C=O) groups excluding carboxylic acids is 1. The van der Waals surface area contributed by atoms with E-state index in [0.29, 0.717) is 12.2 Å². The van der Waals surface area contributed by atoms with Gasteiger partial charge in [-0.15, -0.1) is 0 Å². The van der Waals surface area contributed by atoms with Gasteiger partial charge in [-0.05, 0) is 12.5 Å². The number of nitrogens with one attached hydrogen (secondary N) is 1. The fourth-order valence-electron chi connectivity index (χ4n) is 2.09.